The lowest BCUT2D eigenvalue weighted by Gasteiger charge is -2.11. The first-order valence-corrected chi connectivity index (χ1v) is 5.41. The van der Waals surface area contributed by atoms with Crippen LogP contribution in [0.2, 0.25) is 0 Å². The molecule has 1 fully saturated rings. The summed E-state index contributed by atoms with van der Waals surface area (Å²) < 4.78 is 5.23. The number of carbonyl (C=O) groups excluding carboxylic acids is 2. The van der Waals surface area contributed by atoms with Crippen LogP contribution >= 0.6 is 0 Å². The minimum absolute atomic E-state index is 0.0834. The molecule has 0 bridgehead atoms. The number of amides is 1. The van der Waals surface area contributed by atoms with Crippen LogP contribution in [0.4, 0.5) is 5.69 Å². The first kappa shape index (κ1) is 11.6. The van der Waals surface area contributed by atoms with E-state index in [2.05, 4.69) is 5.32 Å². The lowest BCUT2D eigenvalue weighted by atomic mass is 10.2. The van der Waals surface area contributed by atoms with E-state index in [9.17, 15) is 14.7 Å². The highest BCUT2D eigenvalue weighted by Gasteiger charge is 2.23. The number of hydrogen-bond donors (Lipinski definition) is 1. The van der Waals surface area contributed by atoms with Crippen molar-refractivity contribution in [3.63, 3.8) is 0 Å². The molecule has 0 aromatic heterocycles. The second-order valence-corrected chi connectivity index (χ2v) is 3.86. The number of carbonyl (C=O) groups is 2. The van der Waals surface area contributed by atoms with Gasteiger partial charge in [0.05, 0.1) is 5.97 Å². The SMILES string of the molecule is O=C([O-])c1ccc(NC(=O)[C@@H]2CCCO2)cc1. The van der Waals surface area contributed by atoms with E-state index in [0.29, 0.717) is 12.3 Å². The van der Waals surface area contributed by atoms with Crippen molar-refractivity contribution in [2.75, 3.05) is 11.9 Å². The Bertz CT molecular complexity index is 421. The molecule has 1 aliphatic heterocycles. The van der Waals surface area contributed by atoms with Crippen LogP contribution < -0.4 is 10.4 Å². The molecule has 1 heterocycles. The van der Waals surface area contributed by atoms with Gasteiger partial charge in [0.1, 0.15) is 6.10 Å². The topological polar surface area (TPSA) is 78.5 Å². The fourth-order valence-corrected chi connectivity index (χ4v) is 1.70. The van der Waals surface area contributed by atoms with E-state index in [1.807, 2.05) is 0 Å². The van der Waals surface area contributed by atoms with E-state index in [1.165, 1.54) is 24.3 Å². The largest absolute Gasteiger partial charge is 0.545 e. The van der Waals surface area contributed by atoms with Crippen molar-refractivity contribution in [1.82, 2.24) is 0 Å². The Morgan fingerprint density at radius 3 is 2.53 bits per heavy atom. The van der Waals surface area contributed by atoms with Crippen molar-refractivity contribution in [2.45, 2.75) is 18.9 Å². The second kappa shape index (κ2) is 4.97. The number of carboxylic acids is 1. The fraction of sp³-hybridized carbons (Fsp3) is 0.333. The fourth-order valence-electron chi connectivity index (χ4n) is 1.70. The highest BCUT2D eigenvalue weighted by Crippen LogP contribution is 2.15. The molecule has 0 radical (unpaired) electrons. The first-order valence-electron chi connectivity index (χ1n) is 5.41. The van der Waals surface area contributed by atoms with Crippen LogP contribution in [-0.2, 0) is 9.53 Å². The van der Waals surface area contributed by atoms with Gasteiger partial charge in [-0.15, -0.1) is 0 Å². The molecule has 5 heteroatoms. The highest BCUT2D eigenvalue weighted by molar-refractivity contribution is 5.95. The molecule has 5 nitrogen and oxygen atoms in total. The molecule has 1 aromatic rings. The average molecular weight is 234 g/mol. The van der Waals surface area contributed by atoms with Crippen molar-refractivity contribution in [3.05, 3.63) is 29.8 Å². The van der Waals surface area contributed by atoms with E-state index in [-0.39, 0.29) is 11.5 Å². The van der Waals surface area contributed by atoms with Crippen LogP contribution in [0.3, 0.4) is 0 Å². The third-order valence-corrected chi connectivity index (χ3v) is 2.61. The minimum Gasteiger partial charge on any atom is -0.545 e. The summed E-state index contributed by atoms with van der Waals surface area (Å²) in [7, 11) is 0. The molecular weight excluding hydrogens is 222 g/mol. The van der Waals surface area contributed by atoms with Crippen molar-refractivity contribution in [2.24, 2.45) is 0 Å². The Kier molecular flexibility index (Phi) is 3.39. The Morgan fingerprint density at radius 1 is 1.29 bits per heavy atom. The van der Waals surface area contributed by atoms with E-state index in [1.54, 1.807) is 0 Å². The van der Waals surface area contributed by atoms with Gasteiger partial charge in [-0.05, 0) is 30.5 Å². The number of rotatable bonds is 3. The van der Waals surface area contributed by atoms with Gasteiger partial charge >= 0.3 is 0 Å². The summed E-state index contributed by atoms with van der Waals surface area (Å²) in [4.78, 5) is 22.2. The van der Waals surface area contributed by atoms with Gasteiger partial charge in [0.25, 0.3) is 5.91 Å². The summed E-state index contributed by atoms with van der Waals surface area (Å²) in [6.07, 6.45) is 1.22. The van der Waals surface area contributed by atoms with Gasteiger partial charge in [0, 0.05) is 12.3 Å². The average Bonchev–Trinajstić information content (AvgIpc) is 2.83. The van der Waals surface area contributed by atoms with Gasteiger partial charge in [-0.25, -0.2) is 0 Å². The van der Waals surface area contributed by atoms with Crippen LogP contribution in [-0.4, -0.2) is 24.6 Å². The predicted octanol–water partition coefficient (Wildman–Crippen LogP) is 0.168. The molecule has 90 valence electrons. The molecule has 2 rings (SSSR count). The summed E-state index contributed by atoms with van der Waals surface area (Å²) in [6, 6.07) is 5.83. The Labute approximate surface area is 98.4 Å². The zero-order chi connectivity index (χ0) is 12.3. The molecule has 0 saturated carbocycles. The van der Waals surface area contributed by atoms with Gasteiger partial charge < -0.3 is 20.0 Å². The minimum atomic E-state index is -1.23. The zero-order valence-electron chi connectivity index (χ0n) is 9.14. The first-order chi connectivity index (χ1) is 8.16. The van der Waals surface area contributed by atoms with Crippen molar-refractivity contribution in [1.29, 1.82) is 0 Å². The normalized spacial score (nSPS) is 18.9. The maximum absolute atomic E-state index is 11.7. The van der Waals surface area contributed by atoms with Gasteiger partial charge in [-0.1, -0.05) is 12.1 Å². The summed E-state index contributed by atoms with van der Waals surface area (Å²) in [5.41, 5.74) is 0.635. The molecule has 1 atom stereocenters. The number of anilines is 1. The Morgan fingerprint density at radius 2 is 2.00 bits per heavy atom. The van der Waals surface area contributed by atoms with Crippen molar-refractivity contribution < 1.29 is 19.4 Å². The maximum Gasteiger partial charge on any atom is 0.253 e. The second-order valence-electron chi connectivity index (χ2n) is 3.86. The van der Waals surface area contributed by atoms with E-state index >= 15 is 0 Å². The molecule has 0 spiro atoms. The summed E-state index contributed by atoms with van der Waals surface area (Å²) in [5.74, 6) is -1.43. The quantitative estimate of drug-likeness (QED) is 0.808. The summed E-state index contributed by atoms with van der Waals surface area (Å²) in [5, 5.41) is 13.2. The van der Waals surface area contributed by atoms with Gasteiger partial charge in [0.15, 0.2) is 0 Å². The summed E-state index contributed by atoms with van der Waals surface area (Å²) in [6.45, 7) is 0.613. The molecule has 1 aromatic carbocycles. The predicted molar refractivity (Wildman–Crippen MR) is 58.4 cm³/mol. The molecular formula is C12H12NO4-. The Balaban J connectivity index is 1.98. The number of hydrogen-bond acceptors (Lipinski definition) is 4. The third kappa shape index (κ3) is 2.82. The monoisotopic (exact) mass is 234 g/mol. The van der Waals surface area contributed by atoms with Crippen LogP contribution in [0.25, 0.3) is 0 Å². The number of aromatic carboxylic acids is 1. The molecule has 17 heavy (non-hydrogen) atoms. The van der Waals surface area contributed by atoms with Crippen LogP contribution in [0.15, 0.2) is 24.3 Å². The molecule has 0 aliphatic carbocycles. The number of nitrogens with one attached hydrogen (secondary N) is 1. The van der Waals surface area contributed by atoms with Crippen molar-refractivity contribution >= 4 is 17.6 Å². The number of benzene rings is 1. The van der Waals surface area contributed by atoms with Gasteiger partial charge in [-0.3, -0.25) is 4.79 Å². The van der Waals surface area contributed by atoms with Crippen molar-refractivity contribution in [3.8, 4) is 0 Å². The molecule has 1 amide bonds. The third-order valence-electron chi connectivity index (χ3n) is 2.61. The lowest BCUT2D eigenvalue weighted by Crippen LogP contribution is -2.27. The molecule has 1 aliphatic rings. The lowest BCUT2D eigenvalue weighted by molar-refractivity contribution is -0.255. The van der Waals surface area contributed by atoms with Crippen LogP contribution in [0.5, 0.6) is 0 Å². The highest BCUT2D eigenvalue weighted by atomic mass is 16.5. The van der Waals surface area contributed by atoms with E-state index < -0.39 is 12.1 Å². The Hall–Kier alpha value is -1.88. The van der Waals surface area contributed by atoms with Gasteiger partial charge in [-0.2, -0.15) is 0 Å². The molecule has 1 saturated heterocycles. The van der Waals surface area contributed by atoms with Crippen LogP contribution in [0, 0.1) is 0 Å². The van der Waals surface area contributed by atoms with Gasteiger partial charge in [0.2, 0.25) is 0 Å². The number of carboxylic acid groups (broad SMARTS) is 1. The maximum atomic E-state index is 11.7. The zero-order valence-corrected chi connectivity index (χ0v) is 9.14. The molecule has 0 unspecified atom stereocenters. The van der Waals surface area contributed by atoms with Crippen LogP contribution in [0.1, 0.15) is 23.2 Å². The number of ether oxygens (including phenoxy) is 1. The van der Waals surface area contributed by atoms with E-state index in [4.69, 9.17) is 4.74 Å². The smallest absolute Gasteiger partial charge is 0.253 e. The molecule has 1 N–H and O–H groups in total. The standard InChI is InChI=1S/C12H13NO4/c14-11(10-2-1-7-17-10)13-9-5-3-8(4-6-9)12(15)16/h3-6,10H,1-2,7H2,(H,13,14)(H,15,16)/p-1/t10-/m0/s1. The van der Waals surface area contributed by atoms with E-state index in [0.717, 1.165) is 12.8 Å². The summed E-state index contributed by atoms with van der Waals surface area (Å²) >= 11 is 0.